The number of sulfone groups is 1. The molecule has 1 fully saturated rings. The van der Waals surface area contributed by atoms with Gasteiger partial charge in [-0.05, 0) is 44.2 Å². The number of allylic oxidation sites excluding steroid dienone is 2. The molecule has 0 aliphatic heterocycles. The van der Waals surface area contributed by atoms with Gasteiger partial charge in [-0.1, -0.05) is 38.1 Å². The number of halogens is 1. The highest BCUT2D eigenvalue weighted by Crippen LogP contribution is 2.41. The molecule has 2 rings (SSSR count). The first-order valence-corrected chi connectivity index (χ1v) is 12.8. The van der Waals surface area contributed by atoms with E-state index in [4.69, 9.17) is 11.6 Å². The molecule has 7 nitrogen and oxygen atoms in total. The van der Waals surface area contributed by atoms with Crippen LogP contribution in [0.2, 0.25) is 0 Å². The molecule has 174 valence electrons. The first kappa shape index (κ1) is 25.9. The summed E-state index contributed by atoms with van der Waals surface area (Å²) in [5, 5.41) is 3.20. The first-order valence-electron chi connectivity index (χ1n) is 10.7. The smallest absolute Gasteiger partial charge is 0.194 e. The summed E-state index contributed by atoms with van der Waals surface area (Å²) < 4.78 is 23.9. The van der Waals surface area contributed by atoms with Gasteiger partial charge in [0.05, 0.1) is 34.3 Å². The third-order valence-corrected chi connectivity index (χ3v) is 7.10. The van der Waals surface area contributed by atoms with E-state index in [0.29, 0.717) is 17.3 Å². The minimum absolute atomic E-state index is 0.0117. The fraction of sp³-hybridized carbons (Fsp3) is 0.478. The Morgan fingerprint density at radius 1 is 1.34 bits per heavy atom. The summed E-state index contributed by atoms with van der Waals surface area (Å²) in [6, 6.07) is 3.14. The average Bonchev–Trinajstić information content (AvgIpc) is 3.59. The molecule has 1 aliphatic rings. The number of pyridine rings is 1. The molecule has 1 unspecified atom stereocenters. The second-order valence-corrected chi connectivity index (χ2v) is 10.4. The van der Waals surface area contributed by atoms with E-state index in [2.05, 4.69) is 33.8 Å². The Kier molecular flexibility index (Phi) is 9.33. The third kappa shape index (κ3) is 7.10. The number of aromatic nitrogens is 1. The van der Waals surface area contributed by atoms with Crippen LogP contribution in [0.25, 0.3) is 0 Å². The van der Waals surface area contributed by atoms with Gasteiger partial charge in [-0.25, -0.2) is 18.4 Å². The third-order valence-electron chi connectivity index (χ3n) is 5.30. The van der Waals surface area contributed by atoms with Crippen LogP contribution in [-0.4, -0.2) is 36.5 Å². The van der Waals surface area contributed by atoms with E-state index in [9.17, 15) is 13.2 Å². The van der Waals surface area contributed by atoms with Crippen LogP contribution in [0.1, 0.15) is 52.7 Å². The van der Waals surface area contributed by atoms with E-state index >= 15 is 0 Å². The summed E-state index contributed by atoms with van der Waals surface area (Å²) in [6.45, 7) is 10.9. The zero-order valence-electron chi connectivity index (χ0n) is 19.1. The van der Waals surface area contributed by atoms with E-state index < -0.39 is 9.84 Å². The Balaban J connectivity index is 2.26. The number of carbonyl (C=O) groups excluding carboxylic acids is 1. The summed E-state index contributed by atoms with van der Waals surface area (Å²) in [5.74, 6) is 0.679. The summed E-state index contributed by atoms with van der Waals surface area (Å²) in [7, 11) is -3.31. The molecule has 1 saturated carbocycles. The highest BCUT2D eigenvalue weighted by Gasteiger charge is 2.34. The standard InChI is InChI=1S/C23H31ClN4O3S/c1-6-20(17-9-10-17)22(27-16(5)24)21(7-2)28-23(15(4)29)26-13-18-11-12-19(14-25-18)32(30,31)8-3/h7,11-12,14,17,20H,5-6,8-10,13H2,1-4H3,(H,26,28)/b21-7+,27-22-. The van der Waals surface area contributed by atoms with Crippen LogP contribution in [0.3, 0.4) is 0 Å². The molecule has 9 heteroatoms. The fourth-order valence-electron chi connectivity index (χ4n) is 3.38. The van der Waals surface area contributed by atoms with Gasteiger partial charge in [-0.2, -0.15) is 0 Å². The second-order valence-electron chi connectivity index (χ2n) is 7.66. The SMILES string of the molecule is C=C(Cl)\N=C(C(=C\C)/N=C(/NCc1ccc(S(=O)(=O)CC)cn1)C(C)=O)\C(CC)C1CC1. The number of carbonyl (C=O) groups is 1. The van der Waals surface area contributed by atoms with Crippen LogP contribution < -0.4 is 5.32 Å². The second kappa shape index (κ2) is 11.5. The maximum absolute atomic E-state index is 12.3. The molecule has 0 spiro atoms. The lowest BCUT2D eigenvalue weighted by atomic mass is 9.92. The maximum atomic E-state index is 12.3. The molecule has 1 aromatic heterocycles. The van der Waals surface area contributed by atoms with Gasteiger partial charge in [0.25, 0.3) is 0 Å². The zero-order valence-corrected chi connectivity index (χ0v) is 20.6. The van der Waals surface area contributed by atoms with Gasteiger partial charge in [0.15, 0.2) is 21.5 Å². The van der Waals surface area contributed by atoms with E-state index in [1.807, 2.05) is 13.0 Å². The minimum Gasteiger partial charge on any atom is -0.361 e. The van der Waals surface area contributed by atoms with Gasteiger partial charge in [-0.15, -0.1) is 0 Å². The van der Waals surface area contributed by atoms with Gasteiger partial charge in [0.1, 0.15) is 5.16 Å². The van der Waals surface area contributed by atoms with Crippen LogP contribution in [0.4, 0.5) is 0 Å². The zero-order chi connectivity index (χ0) is 23.9. The highest BCUT2D eigenvalue weighted by atomic mass is 35.5. The number of rotatable bonds is 11. The van der Waals surface area contributed by atoms with Crippen LogP contribution in [0.5, 0.6) is 0 Å². The quantitative estimate of drug-likeness (QED) is 0.288. The van der Waals surface area contributed by atoms with Crippen LogP contribution in [0, 0.1) is 11.8 Å². The fourth-order valence-corrected chi connectivity index (χ4v) is 4.30. The summed E-state index contributed by atoms with van der Waals surface area (Å²) in [6.07, 6.45) is 6.31. The molecule has 1 aromatic rings. The van der Waals surface area contributed by atoms with Crippen molar-refractivity contribution in [2.24, 2.45) is 21.8 Å². The highest BCUT2D eigenvalue weighted by molar-refractivity contribution is 7.91. The number of ketones is 1. The topological polar surface area (TPSA) is 101 Å². The number of amidine groups is 1. The van der Waals surface area contributed by atoms with Crippen LogP contribution in [0.15, 0.2) is 56.7 Å². The predicted molar refractivity (Wildman–Crippen MR) is 130 cm³/mol. The van der Waals surface area contributed by atoms with Crippen LogP contribution in [-0.2, 0) is 21.2 Å². The average molecular weight is 479 g/mol. The molecule has 0 aromatic carbocycles. The van der Waals surface area contributed by atoms with E-state index in [0.717, 1.165) is 25.0 Å². The van der Waals surface area contributed by atoms with Crippen molar-refractivity contribution in [3.8, 4) is 0 Å². The largest absolute Gasteiger partial charge is 0.361 e. The Labute approximate surface area is 195 Å². The molecule has 1 aliphatic carbocycles. The molecule has 0 bridgehead atoms. The molecule has 1 N–H and O–H groups in total. The van der Waals surface area contributed by atoms with E-state index in [1.54, 1.807) is 13.0 Å². The van der Waals surface area contributed by atoms with Gasteiger partial charge >= 0.3 is 0 Å². The van der Waals surface area contributed by atoms with Crippen molar-refractivity contribution >= 4 is 38.8 Å². The van der Waals surface area contributed by atoms with Gasteiger partial charge < -0.3 is 5.32 Å². The Morgan fingerprint density at radius 3 is 2.47 bits per heavy atom. The number of hydrogen-bond donors (Lipinski definition) is 1. The number of nitrogens with zero attached hydrogens (tertiary/aromatic N) is 3. The van der Waals surface area contributed by atoms with Gasteiger partial charge in [-0.3, -0.25) is 9.78 Å². The van der Waals surface area contributed by atoms with Crippen LogP contribution >= 0.6 is 11.6 Å². The van der Waals surface area contributed by atoms with E-state index in [-0.39, 0.29) is 39.9 Å². The van der Waals surface area contributed by atoms with Crippen molar-refractivity contribution in [1.82, 2.24) is 10.3 Å². The molecule has 32 heavy (non-hydrogen) atoms. The normalized spacial score (nSPS) is 16.6. The van der Waals surface area contributed by atoms with Crippen molar-refractivity contribution in [2.45, 2.75) is 58.4 Å². The summed E-state index contributed by atoms with van der Waals surface area (Å²) in [5.41, 5.74) is 1.91. The lowest BCUT2D eigenvalue weighted by Gasteiger charge is -2.18. The number of aliphatic imine (C=N–C) groups is 2. The first-order chi connectivity index (χ1) is 15.1. The van der Waals surface area contributed by atoms with Crippen molar-refractivity contribution in [1.29, 1.82) is 0 Å². The van der Waals surface area contributed by atoms with Gasteiger partial charge in [0.2, 0.25) is 0 Å². The molecule has 1 atom stereocenters. The van der Waals surface area contributed by atoms with Crippen molar-refractivity contribution in [2.75, 3.05) is 5.75 Å². The number of nitrogens with one attached hydrogen (secondary N) is 1. The predicted octanol–water partition coefficient (Wildman–Crippen LogP) is 4.44. The Bertz CT molecular complexity index is 1040. The molecular formula is C23H31ClN4O3S. The lowest BCUT2D eigenvalue weighted by molar-refractivity contribution is -0.111. The number of hydrogen-bond acceptors (Lipinski definition) is 6. The molecule has 0 saturated heterocycles. The Morgan fingerprint density at radius 2 is 2.03 bits per heavy atom. The van der Waals surface area contributed by atoms with Crippen molar-refractivity contribution in [3.63, 3.8) is 0 Å². The summed E-state index contributed by atoms with van der Waals surface area (Å²) >= 11 is 6.00. The molecule has 1 heterocycles. The van der Waals surface area contributed by atoms with Gasteiger partial charge in [0, 0.05) is 19.0 Å². The maximum Gasteiger partial charge on any atom is 0.194 e. The lowest BCUT2D eigenvalue weighted by Crippen LogP contribution is -2.31. The molecule has 0 radical (unpaired) electrons. The number of Topliss-reactive ketones (excluding diaryl/α,β-unsaturated/α-hetero) is 1. The minimum atomic E-state index is -3.31. The molecule has 0 amide bonds. The van der Waals surface area contributed by atoms with Crippen molar-refractivity contribution in [3.05, 3.63) is 47.5 Å². The monoisotopic (exact) mass is 478 g/mol. The van der Waals surface area contributed by atoms with Crippen molar-refractivity contribution < 1.29 is 13.2 Å². The summed E-state index contributed by atoms with van der Waals surface area (Å²) in [4.78, 5) is 25.7. The Hall–Kier alpha value is -2.32. The van der Waals surface area contributed by atoms with E-state index in [1.165, 1.54) is 19.2 Å². The molecular weight excluding hydrogens is 448 g/mol.